The summed E-state index contributed by atoms with van der Waals surface area (Å²) in [6.45, 7) is 6.11. The molecule has 0 fully saturated rings. The van der Waals surface area contributed by atoms with Crippen LogP contribution >= 0.6 is 0 Å². The van der Waals surface area contributed by atoms with E-state index in [4.69, 9.17) is 0 Å². The van der Waals surface area contributed by atoms with Crippen molar-refractivity contribution < 1.29 is 9.00 Å². The van der Waals surface area contributed by atoms with Gasteiger partial charge in [0.05, 0.1) is 10.6 Å². The molecule has 4 nitrogen and oxygen atoms in total. The van der Waals surface area contributed by atoms with Crippen LogP contribution in [0.25, 0.3) is 5.70 Å². The number of allylic oxidation sites excluding steroid dienone is 2. The van der Waals surface area contributed by atoms with E-state index in [0.29, 0.717) is 16.1 Å². The summed E-state index contributed by atoms with van der Waals surface area (Å²) in [6, 6.07) is 10.7. The quantitative estimate of drug-likeness (QED) is 0.485. The van der Waals surface area contributed by atoms with Gasteiger partial charge in [0.2, 0.25) is 5.78 Å². The van der Waals surface area contributed by atoms with Crippen molar-refractivity contribution in [3.05, 3.63) is 60.4 Å². The highest BCUT2D eigenvalue weighted by Gasteiger charge is 2.25. The third kappa shape index (κ3) is 4.45. The molecule has 0 unspecified atom stereocenters. The number of carbonyl (C=O) groups excluding carboxylic acids is 1. The van der Waals surface area contributed by atoms with Gasteiger partial charge in [0.15, 0.2) is 0 Å². The van der Waals surface area contributed by atoms with Crippen molar-refractivity contribution in [2.75, 3.05) is 12.5 Å². The molecule has 1 aromatic carbocycles. The summed E-state index contributed by atoms with van der Waals surface area (Å²) in [6.07, 6.45) is 8.56. The fourth-order valence-corrected chi connectivity index (χ4v) is 3.59. The molecule has 0 radical (unpaired) electrons. The molecule has 0 aliphatic heterocycles. The van der Waals surface area contributed by atoms with Gasteiger partial charge < -0.3 is 0 Å². The molecular formula is C19H24N2O2S. The Bertz CT molecular complexity index is 856. The molecule has 0 saturated heterocycles. The van der Waals surface area contributed by atoms with E-state index < -0.39 is 9.52 Å². The van der Waals surface area contributed by atoms with E-state index in [9.17, 15) is 9.00 Å². The first-order chi connectivity index (χ1) is 11.1. The second-order valence-corrected chi connectivity index (χ2v) is 9.98. The molecule has 5 heteroatoms. The molecule has 0 atom stereocenters. The summed E-state index contributed by atoms with van der Waals surface area (Å²) in [5.74, 6) is -0.225. The Balaban J connectivity index is 2.74. The summed E-state index contributed by atoms with van der Waals surface area (Å²) in [5, 5.41) is 4.26. The smallest absolute Gasteiger partial charge is 0.203 e. The van der Waals surface area contributed by atoms with Gasteiger partial charge in [-0.15, -0.1) is 0 Å². The number of hydrogen-bond donors (Lipinski definition) is 0. The molecule has 0 amide bonds. The van der Waals surface area contributed by atoms with Gasteiger partial charge in [0.25, 0.3) is 0 Å². The SMILES string of the molecule is CC(C)(C)/C=C(\C(C(=O)c1ccccc1)=S(C)(C)=O)n1cccn1. The minimum Gasteiger partial charge on any atom is -0.288 e. The molecule has 0 N–H and O–H groups in total. The first-order valence-corrected chi connectivity index (χ1v) is 10.1. The lowest BCUT2D eigenvalue weighted by molar-refractivity contribution is 0.106. The van der Waals surface area contributed by atoms with Crippen molar-refractivity contribution in [3.8, 4) is 0 Å². The van der Waals surface area contributed by atoms with Crippen LogP contribution in [-0.4, -0.2) is 37.1 Å². The maximum absolute atomic E-state index is 13.1. The number of carbonyl (C=O) groups is 1. The molecule has 24 heavy (non-hydrogen) atoms. The third-order valence-corrected chi connectivity index (χ3v) is 4.67. The van der Waals surface area contributed by atoms with Gasteiger partial charge >= 0.3 is 0 Å². The highest BCUT2D eigenvalue weighted by atomic mass is 32.2. The molecule has 0 saturated carbocycles. The lowest BCUT2D eigenvalue weighted by Gasteiger charge is -2.20. The van der Waals surface area contributed by atoms with E-state index in [-0.39, 0.29) is 11.2 Å². The predicted molar refractivity (Wildman–Crippen MR) is 102 cm³/mol. The summed E-state index contributed by atoms with van der Waals surface area (Å²) < 4.78 is 14.6. The van der Waals surface area contributed by atoms with Crippen molar-refractivity contribution in [2.24, 2.45) is 5.41 Å². The third-order valence-electron chi connectivity index (χ3n) is 3.29. The summed E-state index contributed by atoms with van der Waals surface area (Å²) in [7, 11) is -2.52. The lowest BCUT2D eigenvalue weighted by Crippen LogP contribution is -2.28. The first kappa shape index (κ1) is 18.2. The predicted octanol–water partition coefficient (Wildman–Crippen LogP) is 3.37. The Morgan fingerprint density at radius 2 is 1.75 bits per heavy atom. The van der Waals surface area contributed by atoms with E-state index in [1.54, 1.807) is 59.9 Å². The molecular weight excluding hydrogens is 320 g/mol. The Morgan fingerprint density at radius 1 is 1.12 bits per heavy atom. The Labute approximate surface area is 144 Å². The first-order valence-electron chi connectivity index (χ1n) is 7.74. The standard InChI is InChI=1S/C19H24N2O2S/c1-19(2,3)14-16(21-13-9-12-20-21)18(24(4,5)23)17(22)15-10-7-6-8-11-15/h6-14H,1-5H3/b16-14+. The molecule has 0 aliphatic rings. The van der Waals surface area contributed by atoms with E-state index in [1.807, 2.05) is 32.9 Å². The molecule has 1 heterocycles. The van der Waals surface area contributed by atoms with E-state index in [2.05, 4.69) is 5.10 Å². The minimum atomic E-state index is -2.52. The highest BCUT2D eigenvalue weighted by molar-refractivity contribution is 8.03. The summed E-state index contributed by atoms with van der Waals surface area (Å²) in [5.41, 5.74) is 0.904. The van der Waals surface area contributed by atoms with Gasteiger partial charge in [0, 0.05) is 30.5 Å². The van der Waals surface area contributed by atoms with Crippen LogP contribution in [0, 0.1) is 5.41 Å². The Morgan fingerprint density at radius 3 is 2.21 bits per heavy atom. The van der Waals surface area contributed by atoms with Crippen molar-refractivity contribution in [3.63, 3.8) is 0 Å². The molecule has 2 aromatic rings. The van der Waals surface area contributed by atoms with Crippen molar-refractivity contribution >= 4 is 25.9 Å². The van der Waals surface area contributed by atoms with Crippen molar-refractivity contribution in [1.82, 2.24) is 9.78 Å². The van der Waals surface area contributed by atoms with Crippen LogP contribution in [0.15, 0.2) is 54.9 Å². The molecule has 0 spiro atoms. The number of benzene rings is 1. The van der Waals surface area contributed by atoms with E-state index >= 15 is 0 Å². The molecule has 2 rings (SSSR count). The second kappa shape index (κ2) is 6.77. The maximum Gasteiger partial charge on any atom is 0.203 e. The van der Waals surface area contributed by atoms with Crippen LogP contribution in [0.4, 0.5) is 0 Å². The summed E-state index contributed by atoms with van der Waals surface area (Å²) in [4.78, 5) is 13.4. The Kier molecular flexibility index (Phi) is 5.13. The molecule has 1 aromatic heterocycles. The minimum absolute atomic E-state index is 0.200. The monoisotopic (exact) mass is 344 g/mol. The van der Waals surface area contributed by atoms with Gasteiger partial charge in [-0.2, -0.15) is 5.10 Å². The van der Waals surface area contributed by atoms with Crippen LogP contribution in [0.3, 0.4) is 0 Å². The van der Waals surface area contributed by atoms with Crippen LogP contribution in [0.5, 0.6) is 0 Å². The van der Waals surface area contributed by atoms with Gasteiger partial charge in [-0.1, -0.05) is 57.2 Å². The van der Waals surface area contributed by atoms with E-state index in [0.717, 1.165) is 0 Å². The number of aromatic nitrogens is 2. The van der Waals surface area contributed by atoms with E-state index in [1.165, 1.54) is 0 Å². The molecule has 128 valence electrons. The number of nitrogens with zero attached hydrogens (tertiary/aromatic N) is 2. The van der Waals surface area contributed by atoms with Crippen molar-refractivity contribution in [1.29, 1.82) is 0 Å². The zero-order chi connectivity index (χ0) is 18.0. The van der Waals surface area contributed by atoms with Crippen LogP contribution in [0.2, 0.25) is 0 Å². The summed E-state index contributed by atoms with van der Waals surface area (Å²) >= 11 is 0. The number of rotatable bonds is 4. The zero-order valence-electron chi connectivity index (χ0n) is 14.8. The average molecular weight is 344 g/mol. The van der Waals surface area contributed by atoms with Crippen molar-refractivity contribution in [2.45, 2.75) is 20.8 Å². The highest BCUT2D eigenvalue weighted by Crippen LogP contribution is 2.23. The number of ketones is 1. The maximum atomic E-state index is 13.1. The number of Topliss-reactive ketones (excluding diaryl/α,β-unsaturated/α-hetero) is 1. The topological polar surface area (TPSA) is 52.0 Å². The number of hydrogen-bond acceptors (Lipinski definition) is 3. The van der Waals surface area contributed by atoms with Crippen LogP contribution in [0.1, 0.15) is 31.1 Å². The van der Waals surface area contributed by atoms with Gasteiger partial charge in [0.1, 0.15) is 0 Å². The Hall–Kier alpha value is -2.14. The largest absolute Gasteiger partial charge is 0.288 e. The van der Waals surface area contributed by atoms with Gasteiger partial charge in [-0.3, -0.25) is 9.00 Å². The zero-order valence-corrected chi connectivity index (χ0v) is 15.6. The fourth-order valence-electron chi connectivity index (χ4n) is 2.37. The molecule has 0 aliphatic carbocycles. The lowest BCUT2D eigenvalue weighted by atomic mass is 9.93. The van der Waals surface area contributed by atoms with Crippen LogP contribution in [-0.2, 0) is 9.52 Å². The normalized spacial score (nSPS) is 13.0. The van der Waals surface area contributed by atoms with Gasteiger partial charge in [-0.05, 0) is 21.0 Å². The fraction of sp³-hybridized carbons (Fsp3) is 0.316. The average Bonchev–Trinajstić information content (AvgIpc) is 2.98. The van der Waals surface area contributed by atoms with Crippen LogP contribution < -0.4 is 0 Å². The molecule has 0 bridgehead atoms. The second-order valence-electron chi connectivity index (χ2n) is 7.10. The van der Waals surface area contributed by atoms with Gasteiger partial charge in [-0.25, -0.2) is 4.68 Å².